The van der Waals surface area contributed by atoms with E-state index in [2.05, 4.69) is 19.2 Å². The first-order chi connectivity index (χ1) is 6.74. The maximum Gasteiger partial charge on any atom is 0.0213 e. The van der Waals surface area contributed by atoms with Crippen LogP contribution in [-0.2, 0) is 0 Å². The van der Waals surface area contributed by atoms with E-state index < -0.39 is 0 Å². The van der Waals surface area contributed by atoms with Gasteiger partial charge in [0.25, 0.3) is 0 Å². The van der Waals surface area contributed by atoms with E-state index in [9.17, 15) is 0 Å². The third-order valence-electron chi connectivity index (χ3n) is 3.49. The van der Waals surface area contributed by atoms with Gasteiger partial charge >= 0.3 is 0 Å². The largest absolute Gasteiger partial charge is 0.329 e. The van der Waals surface area contributed by atoms with Gasteiger partial charge < -0.3 is 11.1 Å². The lowest BCUT2D eigenvalue weighted by Gasteiger charge is -2.21. The van der Waals surface area contributed by atoms with Crippen molar-refractivity contribution in [2.45, 2.75) is 52.0 Å². The smallest absolute Gasteiger partial charge is 0.0213 e. The van der Waals surface area contributed by atoms with Gasteiger partial charge in [0.2, 0.25) is 0 Å². The van der Waals surface area contributed by atoms with Gasteiger partial charge in [-0.1, -0.05) is 39.5 Å². The first-order valence-electron chi connectivity index (χ1n) is 6.17. The standard InChI is InChI=1S/C12H26N2/c1-10(2)12(9-13)14-8-7-11-5-3-4-6-11/h10-12,14H,3-9,13H2,1-2H3. The van der Waals surface area contributed by atoms with E-state index in [0.717, 1.165) is 19.0 Å². The molecule has 0 spiro atoms. The monoisotopic (exact) mass is 198 g/mol. The van der Waals surface area contributed by atoms with Crippen LogP contribution in [0.25, 0.3) is 0 Å². The van der Waals surface area contributed by atoms with Crippen molar-refractivity contribution in [3.63, 3.8) is 0 Å². The second kappa shape index (κ2) is 6.41. The third kappa shape index (κ3) is 3.97. The second-order valence-corrected chi connectivity index (χ2v) is 4.98. The van der Waals surface area contributed by atoms with Crippen molar-refractivity contribution in [1.29, 1.82) is 0 Å². The Morgan fingerprint density at radius 2 is 1.93 bits per heavy atom. The zero-order chi connectivity index (χ0) is 10.4. The summed E-state index contributed by atoms with van der Waals surface area (Å²) in [6.45, 7) is 6.40. The summed E-state index contributed by atoms with van der Waals surface area (Å²) in [6.07, 6.45) is 7.17. The molecule has 0 bridgehead atoms. The highest BCUT2D eigenvalue weighted by atomic mass is 14.9. The molecule has 1 saturated carbocycles. The van der Waals surface area contributed by atoms with Crippen LogP contribution in [0.4, 0.5) is 0 Å². The zero-order valence-corrected chi connectivity index (χ0v) is 9.76. The van der Waals surface area contributed by atoms with Gasteiger partial charge in [0.15, 0.2) is 0 Å². The van der Waals surface area contributed by atoms with Gasteiger partial charge in [0.1, 0.15) is 0 Å². The predicted octanol–water partition coefficient (Wildman–Crippen LogP) is 2.14. The van der Waals surface area contributed by atoms with Gasteiger partial charge in [0, 0.05) is 12.6 Å². The fourth-order valence-electron chi connectivity index (χ4n) is 2.36. The van der Waals surface area contributed by atoms with Crippen molar-refractivity contribution < 1.29 is 0 Å². The second-order valence-electron chi connectivity index (χ2n) is 4.98. The Morgan fingerprint density at radius 1 is 1.29 bits per heavy atom. The van der Waals surface area contributed by atoms with Crippen molar-refractivity contribution in [3.05, 3.63) is 0 Å². The van der Waals surface area contributed by atoms with Crippen LogP contribution in [0.15, 0.2) is 0 Å². The minimum absolute atomic E-state index is 0.511. The molecule has 0 amide bonds. The quantitative estimate of drug-likeness (QED) is 0.686. The molecule has 0 heterocycles. The molecule has 0 radical (unpaired) electrons. The van der Waals surface area contributed by atoms with E-state index >= 15 is 0 Å². The predicted molar refractivity (Wildman–Crippen MR) is 62.3 cm³/mol. The van der Waals surface area contributed by atoms with E-state index in [4.69, 9.17) is 5.73 Å². The molecule has 0 aromatic carbocycles. The molecule has 84 valence electrons. The average molecular weight is 198 g/mol. The lowest BCUT2D eigenvalue weighted by Crippen LogP contribution is -2.41. The first kappa shape index (κ1) is 12.0. The summed E-state index contributed by atoms with van der Waals surface area (Å²) < 4.78 is 0. The highest BCUT2D eigenvalue weighted by molar-refractivity contribution is 4.73. The Kier molecular flexibility index (Phi) is 5.49. The van der Waals surface area contributed by atoms with Crippen molar-refractivity contribution in [2.75, 3.05) is 13.1 Å². The maximum absolute atomic E-state index is 5.71. The molecule has 2 heteroatoms. The van der Waals surface area contributed by atoms with E-state index in [1.807, 2.05) is 0 Å². The normalized spacial score (nSPS) is 20.6. The van der Waals surface area contributed by atoms with Crippen LogP contribution < -0.4 is 11.1 Å². The molecule has 1 aliphatic carbocycles. The van der Waals surface area contributed by atoms with Crippen LogP contribution in [0.3, 0.4) is 0 Å². The summed E-state index contributed by atoms with van der Waals surface area (Å²) >= 11 is 0. The SMILES string of the molecule is CC(C)C(CN)NCCC1CCCC1. The van der Waals surface area contributed by atoms with Crippen LogP contribution >= 0.6 is 0 Å². The highest BCUT2D eigenvalue weighted by Gasteiger charge is 2.15. The molecule has 1 rings (SSSR count). The molecule has 0 aliphatic heterocycles. The summed E-state index contributed by atoms with van der Waals surface area (Å²) in [5.74, 6) is 1.65. The first-order valence-corrected chi connectivity index (χ1v) is 6.17. The highest BCUT2D eigenvalue weighted by Crippen LogP contribution is 2.26. The Morgan fingerprint density at radius 3 is 2.43 bits per heavy atom. The fraction of sp³-hybridized carbons (Fsp3) is 1.00. The number of rotatable bonds is 6. The Bertz CT molecular complexity index is 139. The molecule has 14 heavy (non-hydrogen) atoms. The number of nitrogens with one attached hydrogen (secondary N) is 1. The molecule has 3 N–H and O–H groups in total. The van der Waals surface area contributed by atoms with E-state index in [0.29, 0.717) is 12.0 Å². The molecule has 1 unspecified atom stereocenters. The minimum Gasteiger partial charge on any atom is -0.329 e. The number of hydrogen-bond donors (Lipinski definition) is 2. The van der Waals surface area contributed by atoms with Gasteiger partial charge in [-0.25, -0.2) is 0 Å². The van der Waals surface area contributed by atoms with E-state index in [1.54, 1.807) is 0 Å². The molecule has 1 atom stereocenters. The summed E-state index contributed by atoms with van der Waals surface area (Å²) in [4.78, 5) is 0. The molecule has 1 fully saturated rings. The fourth-order valence-corrected chi connectivity index (χ4v) is 2.36. The molecule has 0 saturated heterocycles. The van der Waals surface area contributed by atoms with Crippen LogP contribution in [0.2, 0.25) is 0 Å². The van der Waals surface area contributed by atoms with Gasteiger partial charge in [0.05, 0.1) is 0 Å². The van der Waals surface area contributed by atoms with Crippen LogP contribution in [0.5, 0.6) is 0 Å². The molecule has 1 aliphatic rings. The van der Waals surface area contributed by atoms with Crippen LogP contribution in [0.1, 0.15) is 46.0 Å². The van der Waals surface area contributed by atoms with Crippen LogP contribution in [-0.4, -0.2) is 19.1 Å². The van der Waals surface area contributed by atoms with Crippen LogP contribution in [0, 0.1) is 11.8 Å². The summed E-state index contributed by atoms with van der Waals surface area (Å²) in [5.41, 5.74) is 5.71. The Balaban J connectivity index is 2.06. The zero-order valence-electron chi connectivity index (χ0n) is 9.76. The summed E-state index contributed by atoms with van der Waals surface area (Å²) in [6, 6.07) is 0.511. The molecule has 0 aromatic heterocycles. The maximum atomic E-state index is 5.71. The van der Waals surface area contributed by atoms with Crippen molar-refractivity contribution >= 4 is 0 Å². The van der Waals surface area contributed by atoms with Gasteiger partial charge in [-0.3, -0.25) is 0 Å². The van der Waals surface area contributed by atoms with Gasteiger partial charge in [-0.05, 0) is 24.8 Å². The molecule has 2 nitrogen and oxygen atoms in total. The molecular weight excluding hydrogens is 172 g/mol. The number of nitrogens with two attached hydrogens (primary N) is 1. The van der Waals surface area contributed by atoms with Gasteiger partial charge in [-0.15, -0.1) is 0 Å². The van der Waals surface area contributed by atoms with Crippen molar-refractivity contribution in [2.24, 2.45) is 17.6 Å². The number of hydrogen-bond acceptors (Lipinski definition) is 2. The summed E-state index contributed by atoms with van der Waals surface area (Å²) in [7, 11) is 0. The molecular formula is C12H26N2. The van der Waals surface area contributed by atoms with Crippen molar-refractivity contribution in [1.82, 2.24) is 5.32 Å². The average Bonchev–Trinajstić information content (AvgIpc) is 2.64. The molecule has 0 aromatic rings. The lowest BCUT2D eigenvalue weighted by atomic mass is 10.0. The topological polar surface area (TPSA) is 38.0 Å². The van der Waals surface area contributed by atoms with E-state index in [-0.39, 0.29) is 0 Å². The minimum atomic E-state index is 0.511. The summed E-state index contributed by atoms with van der Waals surface area (Å²) in [5, 5.41) is 3.57. The Labute approximate surface area is 88.6 Å². The van der Waals surface area contributed by atoms with Crippen molar-refractivity contribution in [3.8, 4) is 0 Å². The van der Waals surface area contributed by atoms with E-state index in [1.165, 1.54) is 32.1 Å². The van der Waals surface area contributed by atoms with Gasteiger partial charge in [-0.2, -0.15) is 0 Å². The third-order valence-corrected chi connectivity index (χ3v) is 3.49. The lowest BCUT2D eigenvalue weighted by molar-refractivity contribution is 0.380. The Hall–Kier alpha value is -0.0800.